The normalized spacial score (nSPS) is 15.4. The van der Waals surface area contributed by atoms with Crippen molar-refractivity contribution in [3.8, 4) is 0 Å². The third-order valence-corrected chi connectivity index (χ3v) is 5.58. The molecule has 2 N–H and O–H groups in total. The Labute approximate surface area is 145 Å². The fourth-order valence-electron chi connectivity index (χ4n) is 1.73. The fourth-order valence-corrected chi connectivity index (χ4v) is 4.11. The number of thioether (sulfide) groups is 1. The molecule has 0 aliphatic heterocycles. The standard InChI is InChI=1S/C14H15BrN4OS2/c1-8(12(20)16-11-4-2-3-9(15)7-11)21-14-19-18-13(22-14)17-10-5-6-10/h2-4,7-8,10H,5-6H2,1H3,(H,16,20)(H,17,18)/t8-/m0/s1. The monoisotopic (exact) mass is 398 g/mol. The third kappa shape index (κ3) is 4.44. The lowest BCUT2D eigenvalue weighted by atomic mass is 10.3. The minimum atomic E-state index is -0.235. The molecule has 1 heterocycles. The van der Waals surface area contributed by atoms with E-state index in [-0.39, 0.29) is 11.2 Å². The van der Waals surface area contributed by atoms with Gasteiger partial charge in [0, 0.05) is 16.2 Å². The third-order valence-electron chi connectivity index (χ3n) is 3.05. The van der Waals surface area contributed by atoms with E-state index in [1.54, 1.807) is 0 Å². The van der Waals surface area contributed by atoms with Crippen molar-refractivity contribution < 1.29 is 4.79 Å². The van der Waals surface area contributed by atoms with Crippen LogP contribution in [0.2, 0.25) is 0 Å². The number of halogens is 1. The molecule has 1 aliphatic rings. The Hall–Kier alpha value is -1.12. The van der Waals surface area contributed by atoms with E-state index >= 15 is 0 Å². The molecule has 1 atom stereocenters. The number of hydrogen-bond acceptors (Lipinski definition) is 6. The number of benzene rings is 1. The quantitative estimate of drug-likeness (QED) is 0.719. The number of nitrogens with zero attached hydrogens (tertiary/aromatic N) is 2. The van der Waals surface area contributed by atoms with Gasteiger partial charge in [-0.15, -0.1) is 10.2 Å². The summed E-state index contributed by atoms with van der Waals surface area (Å²) in [6.45, 7) is 1.87. The molecular formula is C14H15BrN4OS2. The zero-order valence-corrected chi connectivity index (χ0v) is 15.1. The first-order valence-corrected chi connectivity index (χ1v) is 9.42. The highest BCUT2D eigenvalue weighted by molar-refractivity contribution is 9.10. The molecule has 1 amide bonds. The second-order valence-electron chi connectivity index (χ2n) is 5.05. The Kier molecular flexibility index (Phi) is 5.00. The molecule has 1 saturated carbocycles. The molecule has 0 spiro atoms. The highest BCUT2D eigenvalue weighted by Gasteiger charge is 2.23. The number of carbonyl (C=O) groups is 1. The van der Waals surface area contributed by atoms with Crippen molar-refractivity contribution in [2.45, 2.75) is 35.4 Å². The Morgan fingerprint density at radius 2 is 2.27 bits per heavy atom. The highest BCUT2D eigenvalue weighted by atomic mass is 79.9. The van der Waals surface area contributed by atoms with E-state index in [2.05, 4.69) is 36.8 Å². The van der Waals surface area contributed by atoms with Crippen molar-refractivity contribution in [2.24, 2.45) is 0 Å². The van der Waals surface area contributed by atoms with Gasteiger partial charge in [0.25, 0.3) is 0 Å². The average molecular weight is 399 g/mol. The van der Waals surface area contributed by atoms with Gasteiger partial charge in [0.05, 0.1) is 5.25 Å². The van der Waals surface area contributed by atoms with Gasteiger partial charge in [-0.05, 0) is 38.0 Å². The predicted molar refractivity (Wildman–Crippen MR) is 94.6 cm³/mol. The maximum Gasteiger partial charge on any atom is 0.237 e. The van der Waals surface area contributed by atoms with Crippen LogP contribution >= 0.6 is 39.0 Å². The van der Waals surface area contributed by atoms with Gasteiger partial charge in [-0.2, -0.15) is 0 Å². The number of nitrogens with one attached hydrogen (secondary N) is 2. The maximum atomic E-state index is 12.2. The van der Waals surface area contributed by atoms with Crippen molar-refractivity contribution >= 4 is 55.8 Å². The minimum absolute atomic E-state index is 0.0463. The number of aromatic nitrogens is 2. The zero-order valence-electron chi connectivity index (χ0n) is 11.9. The van der Waals surface area contributed by atoms with Gasteiger partial charge >= 0.3 is 0 Å². The van der Waals surface area contributed by atoms with Crippen LogP contribution < -0.4 is 10.6 Å². The van der Waals surface area contributed by atoms with Gasteiger partial charge in [-0.25, -0.2) is 0 Å². The average Bonchev–Trinajstić information content (AvgIpc) is 3.18. The predicted octanol–water partition coefficient (Wildman–Crippen LogP) is 3.99. The van der Waals surface area contributed by atoms with E-state index in [4.69, 9.17) is 0 Å². The van der Waals surface area contributed by atoms with Crippen LogP contribution in [0.5, 0.6) is 0 Å². The van der Waals surface area contributed by atoms with Gasteiger partial charge in [-0.3, -0.25) is 4.79 Å². The molecular weight excluding hydrogens is 384 g/mol. The molecule has 8 heteroatoms. The number of carbonyl (C=O) groups excluding carboxylic acids is 1. The number of amides is 1. The molecule has 1 aliphatic carbocycles. The summed E-state index contributed by atoms with van der Waals surface area (Å²) >= 11 is 6.31. The van der Waals surface area contributed by atoms with Crippen molar-refractivity contribution in [2.75, 3.05) is 10.6 Å². The second-order valence-corrected chi connectivity index (χ2v) is 8.53. The summed E-state index contributed by atoms with van der Waals surface area (Å²) in [4.78, 5) is 12.2. The van der Waals surface area contributed by atoms with E-state index in [1.807, 2.05) is 31.2 Å². The molecule has 0 unspecified atom stereocenters. The molecule has 2 aromatic rings. The fraction of sp³-hybridized carbons (Fsp3) is 0.357. The van der Waals surface area contributed by atoms with Gasteiger partial charge in [0.15, 0.2) is 4.34 Å². The first-order valence-electron chi connectivity index (χ1n) is 6.93. The van der Waals surface area contributed by atoms with Crippen LogP contribution in [0.25, 0.3) is 0 Å². The van der Waals surface area contributed by atoms with Crippen LogP contribution in [0.3, 0.4) is 0 Å². The summed E-state index contributed by atoms with van der Waals surface area (Å²) in [6, 6.07) is 8.10. The van der Waals surface area contributed by atoms with Gasteiger partial charge in [0.2, 0.25) is 11.0 Å². The first kappa shape index (κ1) is 15.8. The van der Waals surface area contributed by atoms with E-state index < -0.39 is 0 Å². The van der Waals surface area contributed by atoms with Crippen molar-refractivity contribution in [1.29, 1.82) is 0 Å². The summed E-state index contributed by atoms with van der Waals surface area (Å²) in [5.74, 6) is -0.0463. The van der Waals surface area contributed by atoms with Gasteiger partial charge < -0.3 is 10.6 Å². The summed E-state index contributed by atoms with van der Waals surface area (Å²) in [5.41, 5.74) is 0.778. The summed E-state index contributed by atoms with van der Waals surface area (Å²) in [6.07, 6.45) is 2.40. The molecule has 0 bridgehead atoms. The second kappa shape index (κ2) is 6.97. The van der Waals surface area contributed by atoms with E-state index in [9.17, 15) is 4.79 Å². The Morgan fingerprint density at radius 3 is 3.00 bits per heavy atom. The van der Waals surface area contributed by atoms with Crippen molar-refractivity contribution in [1.82, 2.24) is 10.2 Å². The van der Waals surface area contributed by atoms with Gasteiger partial charge in [-0.1, -0.05) is 45.1 Å². The summed E-state index contributed by atoms with van der Waals surface area (Å²) in [7, 11) is 0. The highest BCUT2D eigenvalue weighted by Crippen LogP contribution is 2.32. The Balaban J connectivity index is 1.55. The van der Waals surface area contributed by atoms with Crippen LogP contribution in [0, 0.1) is 0 Å². The Morgan fingerprint density at radius 1 is 1.45 bits per heavy atom. The molecule has 0 radical (unpaired) electrons. The number of anilines is 2. The molecule has 1 aromatic carbocycles. The van der Waals surface area contributed by atoms with Crippen LogP contribution in [0.15, 0.2) is 33.1 Å². The van der Waals surface area contributed by atoms with Gasteiger partial charge in [0.1, 0.15) is 0 Å². The zero-order chi connectivity index (χ0) is 15.5. The molecule has 0 saturated heterocycles. The lowest BCUT2D eigenvalue weighted by Gasteiger charge is -2.10. The molecule has 1 aromatic heterocycles. The summed E-state index contributed by atoms with van der Waals surface area (Å²) in [5, 5.41) is 15.0. The van der Waals surface area contributed by atoms with Crippen LogP contribution in [-0.4, -0.2) is 27.4 Å². The van der Waals surface area contributed by atoms with Crippen molar-refractivity contribution in [3.63, 3.8) is 0 Å². The molecule has 22 heavy (non-hydrogen) atoms. The number of hydrogen-bond donors (Lipinski definition) is 2. The largest absolute Gasteiger partial charge is 0.357 e. The van der Waals surface area contributed by atoms with Crippen LogP contribution in [0.4, 0.5) is 10.8 Å². The van der Waals surface area contributed by atoms with Crippen molar-refractivity contribution in [3.05, 3.63) is 28.7 Å². The van der Waals surface area contributed by atoms with E-state index in [0.29, 0.717) is 6.04 Å². The lowest BCUT2D eigenvalue weighted by Crippen LogP contribution is -2.22. The van der Waals surface area contributed by atoms with E-state index in [0.717, 1.165) is 19.6 Å². The minimum Gasteiger partial charge on any atom is -0.357 e. The SMILES string of the molecule is C[C@H](Sc1nnc(NC2CC2)s1)C(=O)Nc1cccc(Br)c1. The van der Waals surface area contributed by atoms with E-state index in [1.165, 1.54) is 35.9 Å². The lowest BCUT2D eigenvalue weighted by molar-refractivity contribution is -0.115. The smallest absolute Gasteiger partial charge is 0.237 e. The first-order chi connectivity index (χ1) is 10.6. The molecule has 116 valence electrons. The van der Waals surface area contributed by atoms with Crippen LogP contribution in [-0.2, 0) is 4.79 Å². The molecule has 1 fully saturated rings. The summed E-state index contributed by atoms with van der Waals surface area (Å²) < 4.78 is 1.74. The number of rotatable bonds is 6. The topological polar surface area (TPSA) is 66.9 Å². The molecule has 5 nitrogen and oxygen atoms in total. The maximum absolute atomic E-state index is 12.2. The molecule has 3 rings (SSSR count). The van der Waals surface area contributed by atoms with Crippen LogP contribution in [0.1, 0.15) is 19.8 Å². The Bertz CT molecular complexity index is 674.